The standard InChI is InChI=1S/2C17H17N3O4S.2C17H17N3O3S.C16H14ClN3O3S/c1-19-15-12(16(22)20(2)17(19)23)8-14(18-15)25-9-13(21)10-4-6-11(24-3)7-5-10;1-19-15-12(16(22)20(2)17(19)23)8-14(18-15)25-9-13(21)10-5-4-6-11(7-10)24-3;1-10-4-6-11(7-5-10)13(21)9-24-14-8-12-15(18-14)19(2)17(23)20(3)16(12)22;1-10-5-4-6-11(7-10)13(21)9-24-14-8-12-15(18-14)19(2)17(23)20(3)16(12)22;1-19-14-10(15(22)20(2)16(19)23)7-13(18-14)24-8-12(21)9-5-3-4-6-11(9)17/h2*4-7H,8-9H2,1-3H3;2*4-7H,8-9H2,1-3H3;3-6H,7-8H2,1-2H3. The third kappa shape index (κ3) is 20.0. The van der Waals surface area contributed by atoms with Crippen LogP contribution in [-0.4, -0.2) is 143 Å². The van der Waals surface area contributed by atoms with Crippen LogP contribution in [0.4, 0.5) is 29.1 Å². The van der Waals surface area contributed by atoms with E-state index in [1.807, 2.05) is 56.3 Å². The number of ketones is 5. The third-order valence-electron chi connectivity index (χ3n) is 20.0. The minimum absolute atomic E-state index is 0.0143. The van der Waals surface area contributed by atoms with E-state index in [0.717, 1.165) is 34.0 Å². The molecular formula is C84H82ClN15O17S5. The van der Waals surface area contributed by atoms with E-state index in [0.29, 0.717) is 159 Å². The van der Waals surface area contributed by atoms with E-state index in [4.69, 9.17) is 21.1 Å². The van der Waals surface area contributed by atoms with E-state index in [1.165, 1.54) is 117 Å². The van der Waals surface area contributed by atoms with Gasteiger partial charge in [0.1, 0.15) is 40.6 Å². The summed E-state index contributed by atoms with van der Waals surface area (Å²) >= 11 is 12.5. The lowest BCUT2D eigenvalue weighted by atomic mass is 10.1. The fraction of sp³-hybridized carbons (Fsp3) is 0.286. The van der Waals surface area contributed by atoms with Crippen molar-refractivity contribution in [2.45, 2.75) is 46.0 Å². The quantitative estimate of drug-likeness (QED) is 0.0787. The van der Waals surface area contributed by atoms with Crippen molar-refractivity contribution >= 4 is 154 Å². The predicted molar refractivity (Wildman–Crippen MR) is 482 cm³/mol. The number of aryl methyl sites for hydroxylation is 2. The SMILES string of the molecule is COc1ccc(C(=O)CSC2=Nc3c(c(=O)n(C)c(=O)n3C)C2)cc1.COc1cccc(C(=O)CSC2=Nc3c(c(=O)n(C)c(=O)n3C)C2)c1.Cc1ccc(C(=O)CSC2=Nc3c(c(=O)n(C)c(=O)n3C)C2)cc1.Cc1cccc(C(=O)CSC2=Nc3c(c(=O)n(C)c(=O)n3C)C2)c1.Cn1c2c(c(=O)n(C)c1=O)CC(SCC(=O)c1ccccc1Cl)=N2. The van der Waals surface area contributed by atoms with Crippen LogP contribution >= 0.6 is 70.4 Å². The Bertz CT molecular complexity index is 6820. The fourth-order valence-electron chi connectivity index (χ4n) is 12.9. The number of nitrogens with zero attached hydrogens (tertiary/aromatic N) is 15. The van der Waals surface area contributed by atoms with Gasteiger partial charge in [0.25, 0.3) is 27.8 Å². The maximum absolute atomic E-state index is 12.3. The molecule has 5 aliphatic rings. The minimum atomic E-state index is -0.416. The summed E-state index contributed by atoms with van der Waals surface area (Å²) in [6.07, 6.45) is 1.74. The van der Waals surface area contributed by atoms with E-state index in [-0.39, 0.29) is 85.5 Å². The molecule has 0 amide bonds. The van der Waals surface area contributed by atoms with Crippen LogP contribution in [0.15, 0.2) is 194 Å². The van der Waals surface area contributed by atoms with Crippen LogP contribution in [0.25, 0.3) is 0 Å². The highest BCUT2D eigenvalue weighted by Crippen LogP contribution is 2.33. The molecule has 38 heteroatoms. The van der Waals surface area contributed by atoms with E-state index in [2.05, 4.69) is 25.0 Å². The third-order valence-corrected chi connectivity index (χ3v) is 25.2. The number of hydrogen-bond donors (Lipinski definition) is 0. The van der Waals surface area contributed by atoms with Gasteiger partial charge in [-0.05, 0) is 68.4 Å². The van der Waals surface area contributed by atoms with Crippen LogP contribution in [-0.2, 0) is 103 Å². The number of methoxy groups -OCH3 is 2. The Labute approximate surface area is 721 Å². The number of rotatable bonds is 17. The molecular weight excluding hydrogens is 1690 g/mol. The molecule has 0 saturated carbocycles. The highest BCUT2D eigenvalue weighted by Gasteiger charge is 2.30. The van der Waals surface area contributed by atoms with E-state index in [9.17, 15) is 71.9 Å². The van der Waals surface area contributed by atoms with E-state index in [1.54, 1.807) is 128 Å². The van der Waals surface area contributed by atoms with Crippen molar-refractivity contribution in [3.63, 3.8) is 0 Å². The first-order valence-electron chi connectivity index (χ1n) is 37.3. The van der Waals surface area contributed by atoms with Crippen molar-refractivity contribution in [3.05, 3.63) is 297 Å². The Hall–Kier alpha value is -12.2. The second kappa shape index (κ2) is 39.1. The van der Waals surface area contributed by atoms with Crippen molar-refractivity contribution in [1.82, 2.24) is 45.7 Å². The van der Waals surface area contributed by atoms with Crippen LogP contribution in [0, 0.1) is 13.8 Å². The summed E-state index contributed by atoms with van der Waals surface area (Å²) in [6, 6.07) is 35.6. The van der Waals surface area contributed by atoms with Crippen molar-refractivity contribution in [2.75, 3.05) is 43.0 Å². The Morgan fingerprint density at radius 1 is 0.311 bits per heavy atom. The van der Waals surface area contributed by atoms with Crippen molar-refractivity contribution < 1.29 is 33.4 Å². The first kappa shape index (κ1) is 90.6. The molecule has 0 aliphatic carbocycles. The van der Waals surface area contributed by atoms with Crippen LogP contribution in [0.5, 0.6) is 11.5 Å². The minimum Gasteiger partial charge on any atom is -0.497 e. The van der Waals surface area contributed by atoms with Gasteiger partial charge in [-0.3, -0.25) is 93.6 Å². The molecule has 0 unspecified atom stereocenters. The predicted octanol–water partition coefficient (Wildman–Crippen LogP) is 7.72. The number of carbonyl (C=O) groups excluding carboxylic acids is 5. The molecule has 122 heavy (non-hydrogen) atoms. The summed E-state index contributed by atoms with van der Waals surface area (Å²) < 4.78 is 22.4. The number of aromatic nitrogens is 10. The molecule has 15 rings (SSSR count). The number of ether oxygens (including phenoxy) is 2. The van der Waals surface area contributed by atoms with Gasteiger partial charge in [0.2, 0.25) is 0 Å². The maximum Gasteiger partial charge on any atom is 0.332 e. The average Bonchev–Trinajstić information content (AvgIpc) is 1.65. The van der Waals surface area contributed by atoms with Gasteiger partial charge in [-0.25, -0.2) is 48.9 Å². The molecule has 0 spiro atoms. The van der Waals surface area contributed by atoms with Gasteiger partial charge in [0.05, 0.1) is 101 Å². The number of halogens is 1. The number of Topliss-reactive ketones (excluding diaryl/α,β-unsaturated/α-hetero) is 5. The lowest BCUT2D eigenvalue weighted by molar-refractivity contribution is 0.101. The Morgan fingerprint density at radius 2 is 0.590 bits per heavy atom. The zero-order chi connectivity index (χ0) is 88.6. The summed E-state index contributed by atoms with van der Waals surface area (Å²) in [5.74, 6) is 4.18. The molecule has 5 aromatic heterocycles. The van der Waals surface area contributed by atoms with Crippen LogP contribution in [0.2, 0.25) is 5.02 Å². The topological polar surface area (TPSA) is 386 Å². The maximum atomic E-state index is 12.3. The van der Waals surface area contributed by atoms with Crippen LogP contribution < -0.4 is 65.7 Å². The van der Waals surface area contributed by atoms with Crippen LogP contribution in [0.1, 0.15) is 90.7 Å². The summed E-state index contributed by atoms with van der Waals surface area (Å²) in [5, 5.41) is 3.74. The van der Waals surface area contributed by atoms with Crippen molar-refractivity contribution in [1.29, 1.82) is 0 Å². The van der Waals surface area contributed by atoms with E-state index >= 15 is 0 Å². The fourth-order valence-corrected chi connectivity index (χ4v) is 17.5. The number of hydrogen-bond acceptors (Lipinski definition) is 27. The molecule has 5 aromatic carbocycles. The van der Waals surface area contributed by atoms with Crippen molar-refractivity contribution in [3.8, 4) is 11.5 Å². The molecule has 0 radical (unpaired) electrons. The molecule has 0 N–H and O–H groups in total. The number of aliphatic imine (C=N–C) groups is 5. The largest absolute Gasteiger partial charge is 0.497 e. The molecule has 10 heterocycles. The molecule has 10 aromatic rings. The van der Waals surface area contributed by atoms with Crippen LogP contribution in [0.3, 0.4) is 0 Å². The van der Waals surface area contributed by atoms with Gasteiger partial charge in [-0.1, -0.05) is 89.5 Å². The smallest absolute Gasteiger partial charge is 0.332 e. The Balaban J connectivity index is 0.000000149. The normalized spacial score (nSPS) is 12.8. The average molecular weight is 1770 g/mol. The highest BCUT2D eigenvalue weighted by molar-refractivity contribution is 8.15. The number of fused-ring (bicyclic) bond motifs is 5. The molecule has 632 valence electrons. The van der Waals surface area contributed by atoms with Gasteiger partial charge < -0.3 is 9.47 Å². The zero-order valence-electron chi connectivity index (χ0n) is 68.7. The summed E-state index contributed by atoms with van der Waals surface area (Å²) in [7, 11) is 18.3. The van der Waals surface area contributed by atoms with Gasteiger partial charge >= 0.3 is 28.4 Å². The summed E-state index contributed by atoms with van der Waals surface area (Å²) in [6.45, 7) is 3.91. The summed E-state index contributed by atoms with van der Waals surface area (Å²) in [5.41, 5.74) is 3.86. The Morgan fingerprint density at radius 3 is 0.893 bits per heavy atom. The van der Waals surface area contributed by atoms with Crippen molar-refractivity contribution in [2.24, 2.45) is 95.4 Å². The van der Waals surface area contributed by atoms with Gasteiger partial charge in [-0.15, -0.1) is 58.8 Å². The molecule has 0 fully saturated rings. The monoisotopic (exact) mass is 1770 g/mol. The summed E-state index contributed by atoms with van der Waals surface area (Å²) in [4.78, 5) is 204. The lowest BCUT2D eigenvalue weighted by Crippen LogP contribution is -2.38. The molecule has 0 bridgehead atoms. The van der Waals surface area contributed by atoms with E-state index < -0.39 is 28.4 Å². The molecule has 0 atom stereocenters. The molecule has 0 saturated heterocycles. The van der Waals surface area contributed by atoms with Gasteiger partial charge in [0, 0.05) is 130 Å². The number of benzene rings is 5. The molecule has 5 aliphatic heterocycles. The first-order valence-corrected chi connectivity index (χ1v) is 42.6. The number of thioether (sulfide) groups is 5. The zero-order valence-corrected chi connectivity index (χ0v) is 73.5. The second-order valence-electron chi connectivity index (χ2n) is 28.2. The van der Waals surface area contributed by atoms with Gasteiger partial charge in [0.15, 0.2) is 28.9 Å². The second-order valence-corrected chi connectivity index (χ2v) is 33.8. The highest BCUT2D eigenvalue weighted by atomic mass is 35.5. The first-order chi connectivity index (χ1) is 58.0. The Kier molecular flexibility index (Phi) is 29.1. The van der Waals surface area contributed by atoms with Gasteiger partial charge in [-0.2, -0.15) is 0 Å². The lowest BCUT2D eigenvalue weighted by Gasteiger charge is -2.05. The molecule has 32 nitrogen and oxygen atoms in total. The number of carbonyl (C=O) groups is 5.